The third-order valence-corrected chi connectivity index (χ3v) is 4.64. The van der Waals surface area contributed by atoms with E-state index in [0.717, 1.165) is 11.3 Å². The monoisotopic (exact) mass is 294 g/mol. The molecule has 3 rings (SSSR count). The molecule has 1 aliphatic heterocycles. The molecular formula is C14H20BClN2O2. The van der Waals surface area contributed by atoms with E-state index in [-0.39, 0.29) is 11.2 Å². The largest absolute Gasteiger partial charge is 0.496 e. The lowest BCUT2D eigenvalue weighted by atomic mass is 9.79. The average Bonchev–Trinajstić information content (AvgIpc) is 3.10. The van der Waals surface area contributed by atoms with Crippen LogP contribution in [0.3, 0.4) is 0 Å². The van der Waals surface area contributed by atoms with Gasteiger partial charge in [-0.25, -0.2) is 4.98 Å². The summed E-state index contributed by atoms with van der Waals surface area (Å²) in [5.41, 5.74) is 0.103. The Hall–Kier alpha value is -0.775. The van der Waals surface area contributed by atoms with Crippen LogP contribution in [0.4, 0.5) is 5.82 Å². The third kappa shape index (κ3) is 2.54. The maximum Gasteiger partial charge on any atom is 0.496 e. The molecule has 1 N–H and O–H groups in total. The number of nitrogens with zero attached hydrogens (tertiary/aromatic N) is 1. The predicted molar refractivity (Wildman–Crippen MR) is 81.6 cm³/mol. The van der Waals surface area contributed by atoms with Gasteiger partial charge in [-0.05, 0) is 46.6 Å². The van der Waals surface area contributed by atoms with Gasteiger partial charge in [0.1, 0.15) is 5.82 Å². The van der Waals surface area contributed by atoms with Crippen molar-refractivity contribution in [3.05, 3.63) is 17.3 Å². The van der Waals surface area contributed by atoms with E-state index in [1.54, 1.807) is 6.20 Å². The molecule has 2 aliphatic rings. The Morgan fingerprint density at radius 1 is 1.25 bits per heavy atom. The van der Waals surface area contributed by atoms with E-state index in [1.165, 1.54) is 12.8 Å². The lowest BCUT2D eigenvalue weighted by Crippen LogP contribution is -2.41. The van der Waals surface area contributed by atoms with Crippen LogP contribution in [-0.4, -0.2) is 29.3 Å². The first-order valence-corrected chi connectivity index (χ1v) is 7.44. The number of rotatable bonds is 3. The fourth-order valence-electron chi connectivity index (χ4n) is 2.12. The van der Waals surface area contributed by atoms with Crippen LogP contribution in [0.25, 0.3) is 0 Å². The van der Waals surface area contributed by atoms with Crippen LogP contribution >= 0.6 is 11.6 Å². The molecule has 0 aromatic carbocycles. The quantitative estimate of drug-likeness (QED) is 0.870. The molecule has 2 fully saturated rings. The lowest BCUT2D eigenvalue weighted by Gasteiger charge is -2.32. The topological polar surface area (TPSA) is 43.4 Å². The Morgan fingerprint density at radius 3 is 2.40 bits per heavy atom. The van der Waals surface area contributed by atoms with Crippen molar-refractivity contribution in [2.24, 2.45) is 0 Å². The fourth-order valence-corrected chi connectivity index (χ4v) is 2.31. The Kier molecular flexibility index (Phi) is 3.27. The summed E-state index contributed by atoms with van der Waals surface area (Å²) in [7, 11) is -0.449. The first-order valence-electron chi connectivity index (χ1n) is 7.06. The Morgan fingerprint density at radius 2 is 1.85 bits per heavy atom. The highest BCUT2D eigenvalue weighted by Gasteiger charge is 2.52. The molecule has 6 heteroatoms. The number of nitrogens with one attached hydrogen (secondary N) is 1. The van der Waals surface area contributed by atoms with Crippen molar-refractivity contribution in [3.8, 4) is 0 Å². The zero-order chi connectivity index (χ0) is 14.5. The van der Waals surface area contributed by atoms with Gasteiger partial charge in [0.2, 0.25) is 0 Å². The lowest BCUT2D eigenvalue weighted by molar-refractivity contribution is 0.00578. The van der Waals surface area contributed by atoms with Crippen molar-refractivity contribution in [1.29, 1.82) is 0 Å². The summed E-state index contributed by atoms with van der Waals surface area (Å²) >= 11 is 6.26. The minimum Gasteiger partial charge on any atom is -0.399 e. The molecule has 2 heterocycles. The van der Waals surface area contributed by atoms with Crippen molar-refractivity contribution in [3.63, 3.8) is 0 Å². The van der Waals surface area contributed by atoms with E-state index in [2.05, 4.69) is 10.3 Å². The molecule has 4 nitrogen and oxygen atoms in total. The summed E-state index contributed by atoms with van der Waals surface area (Å²) in [5.74, 6) is 0.835. The first kappa shape index (κ1) is 14.2. The second-order valence-electron chi connectivity index (χ2n) is 6.60. The van der Waals surface area contributed by atoms with Gasteiger partial charge < -0.3 is 14.6 Å². The molecule has 0 radical (unpaired) electrons. The van der Waals surface area contributed by atoms with E-state index in [0.29, 0.717) is 11.1 Å². The highest BCUT2D eigenvalue weighted by Crippen LogP contribution is 2.37. The van der Waals surface area contributed by atoms with Crippen molar-refractivity contribution < 1.29 is 9.31 Å². The molecule has 20 heavy (non-hydrogen) atoms. The summed E-state index contributed by atoms with van der Waals surface area (Å²) in [6, 6.07) is 2.48. The van der Waals surface area contributed by atoms with Crippen molar-refractivity contribution >= 4 is 30.0 Å². The highest BCUT2D eigenvalue weighted by atomic mass is 35.5. The summed E-state index contributed by atoms with van der Waals surface area (Å²) in [4.78, 5) is 4.31. The number of hydrogen-bond donors (Lipinski definition) is 1. The van der Waals surface area contributed by atoms with Gasteiger partial charge in [-0.3, -0.25) is 0 Å². The second kappa shape index (κ2) is 4.62. The predicted octanol–water partition coefficient (Wildman–Crippen LogP) is 2.61. The SMILES string of the molecule is CC1(C)OB(c2cc(NC3CC3)ncc2Cl)OC1(C)C. The van der Waals surface area contributed by atoms with E-state index in [4.69, 9.17) is 20.9 Å². The Bertz CT molecular complexity index is 516. The molecule has 1 saturated heterocycles. The summed E-state index contributed by atoms with van der Waals surface area (Å²) in [6.45, 7) is 8.13. The zero-order valence-electron chi connectivity index (χ0n) is 12.4. The number of halogens is 1. The van der Waals surface area contributed by atoms with Crippen LogP contribution in [0.5, 0.6) is 0 Å². The van der Waals surface area contributed by atoms with Gasteiger partial charge in [0, 0.05) is 17.7 Å². The van der Waals surface area contributed by atoms with Crippen molar-refractivity contribution in [2.75, 3.05) is 5.32 Å². The minimum absolute atomic E-state index is 0.367. The average molecular weight is 295 g/mol. The number of pyridine rings is 1. The molecule has 0 atom stereocenters. The van der Waals surface area contributed by atoms with Gasteiger partial charge in [-0.15, -0.1) is 0 Å². The van der Waals surface area contributed by atoms with Gasteiger partial charge in [-0.2, -0.15) is 0 Å². The number of anilines is 1. The molecule has 0 bridgehead atoms. The van der Waals surface area contributed by atoms with Crippen LogP contribution in [0.2, 0.25) is 5.02 Å². The third-order valence-electron chi connectivity index (χ3n) is 4.32. The highest BCUT2D eigenvalue weighted by molar-refractivity contribution is 6.65. The molecule has 0 spiro atoms. The van der Waals surface area contributed by atoms with Crippen molar-refractivity contribution in [1.82, 2.24) is 4.98 Å². The van der Waals surface area contributed by atoms with Gasteiger partial charge in [0.05, 0.1) is 16.2 Å². The maximum absolute atomic E-state index is 6.26. The van der Waals surface area contributed by atoms with E-state index in [1.807, 2.05) is 33.8 Å². The summed E-state index contributed by atoms with van der Waals surface area (Å²) in [5, 5.41) is 3.94. The molecule has 1 aromatic rings. The Labute approximate surface area is 125 Å². The standard InChI is InChI=1S/C14H20BClN2O2/c1-13(2)14(3,4)20-15(19-13)10-7-12(17-8-11(10)16)18-9-5-6-9/h7-9H,5-6H2,1-4H3,(H,17,18). The van der Waals surface area contributed by atoms with Crippen LogP contribution < -0.4 is 10.8 Å². The van der Waals surface area contributed by atoms with Crippen molar-refractivity contribution in [2.45, 2.75) is 57.8 Å². The van der Waals surface area contributed by atoms with E-state index in [9.17, 15) is 0 Å². The van der Waals surface area contributed by atoms with Crippen LogP contribution in [0.15, 0.2) is 12.3 Å². The van der Waals surface area contributed by atoms with E-state index >= 15 is 0 Å². The zero-order valence-corrected chi connectivity index (χ0v) is 13.1. The van der Waals surface area contributed by atoms with Gasteiger partial charge >= 0.3 is 7.12 Å². The molecular weight excluding hydrogens is 274 g/mol. The molecule has 1 aromatic heterocycles. The normalized spacial score (nSPS) is 23.9. The van der Waals surface area contributed by atoms with Gasteiger partial charge in [-0.1, -0.05) is 11.6 Å². The van der Waals surface area contributed by atoms with Gasteiger partial charge in [0.25, 0.3) is 0 Å². The molecule has 0 amide bonds. The Balaban J connectivity index is 1.86. The van der Waals surface area contributed by atoms with Crippen LogP contribution in [0.1, 0.15) is 40.5 Å². The maximum atomic E-state index is 6.26. The molecule has 0 unspecified atom stereocenters. The molecule has 108 valence electrons. The summed E-state index contributed by atoms with van der Waals surface area (Å²) < 4.78 is 12.1. The molecule has 1 aliphatic carbocycles. The van der Waals surface area contributed by atoms with E-state index < -0.39 is 7.12 Å². The number of hydrogen-bond acceptors (Lipinski definition) is 4. The first-order chi connectivity index (χ1) is 9.28. The second-order valence-corrected chi connectivity index (χ2v) is 7.01. The number of aromatic nitrogens is 1. The van der Waals surface area contributed by atoms with Crippen LogP contribution in [-0.2, 0) is 9.31 Å². The van der Waals surface area contributed by atoms with Crippen LogP contribution in [0, 0.1) is 0 Å². The fraction of sp³-hybridized carbons (Fsp3) is 0.643. The smallest absolute Gasteiger partial charge is 0.399 e. The minimum atomic E-state index is -0.449. The van der Waals surface area contributed by atoms with Gasteiger partial charge in [0.15, 0.2) is 0 Å². The molecule has 1 saturated carbocycles. The summed E-state index contributed by atoms with van der Waals surface area (Å²) in [6.07, 6.45) is 4.07.